The number of cyclic esters (lactones) is 1. The molecule has 0 radical (unpaired) electrons. The molecule has 1 fully saturated rings. The van der Waals surface area contributed by atoms with E-state index >= 15 is 0 Å². The molecule has 1 heterocycles. The monoisotopic (exact) mass is 279 g/mol. The van der Waals surface area contributed by atoms with E-state index in [-0.39, 0.29) is 11.9 Å². The van der Waals surface area contributed by atoms with E-state index in [0.717, 1.165) is 5.56 Å². The fraction of sp³-hybridized carbons (Fsp3) is 0.429. The Kier molecular flexibility index (Phi) is 4.45. The van der Waals surface area contributed by atoms with E-state index in [1.165, 1.54) is 0 Å². The van der Waals surface area contributed by atoms with Gasteiger partial charge in [0.1, 0.15) is 11.5 Å². The first-order valence-corrected chi connectivity index (χ1v) is 6.32. The Bertz CT molecular complexity index is 514. The maximum atomic E-state index is 11.8. The molecule has 1 aromatic carbocycles. The van der Waals surface area contributed by atoms with E-state index in [9.17, 15) is 9.59 Å². The Labute approximate surface area is 117 Å². The maximum Gasteiger partial charge on any atom is 0.306 e. The van der Waals surface area contributed by atoms with Crippen LogP contribution in [0.1, 0.15) is 18.4 Å². The highest BCUT2D eigenvalue weighted by atomic mass is 16.6. The molecule has 6 nitrogen and oxygen atoms in total. The van der Waals surface area contributed by atoms with Crippen LogP contribution >= 0.6 is 0 Å². The molecule has 1 aliphatic heterocycles. The van der Waals surface area contributed by atoms with Crippen LogP contribution in [0.3, 0.4) is 0 Å². The number of esters is 1. The highest BCUT2D eigenvalue weighted by Crippen LogP contribution is 2.24. The molecule has 0 spiro atoms. The van der Waals surface area contributed by atoms with Crippen LogP contribution in [0.15, 0.2) is 18.2 Å². The number of methoxy groups -OCH3 is 2. The summed E-state index contributed by atoms with van der Waals surface area (Å²) in [6, 6.07) is 5.36. The Hall–Kier alpha value is -2.24. The van der Waals surface area contributed by atoms with Crippen LogP contribution in [-0.2, 0) is 20.9 Å². The number of nitrogens with one attached hydrogen (secondary N) is 1. The summed E-state index contributed by atoms with van der Waals surface area (Å²) in [6.07, 6.45) is 0.0562. The first kappa shape index (κ1) is 14.2. The Morgan fingerprint density at radius 2 is 2.20 bits per heavy atom. The lowest BCUT2D eigenvalue weighted by molar-refractivity contribution is -0.148. The predicted molar refractivity (Wildman–Crippen MR) is 70.5 cm³/mol. The number of hydrogen-bond acceptors (Lipinski definition) is 5. The van der Waals surface area contributed by atoms with Crippen LogP contribution in [-0.4, -0.2) is 32.2 Å². The number of carbonyl (C=O) groups excluding carboxylic acids is 2. The molecular weight excluding hydrogens is 262 g/mol. The first-order valence-electron chi connectivity index (χ1n) is 6.32. The minimum absolute atomic E-state index is 0.284. The fourth-order valence-electron chi connectivity index (χ4n) is 2.00. The van der Waals surface area contributed by atoms with Gasteiger partial charge in [-0.2, -0.15) is 0 Å². The van der Waals surface area contributed by atoms with E-state index in [1.54, 1.807) is 26.4 Å². The van der Waals surface area contributed by atoms with E-state index in [2.05, 4.69) is 5.32 Å². The minimum Gasteiger partial charge on any atom is -0.497 e. The highest BCUT2D eigenvalue weighted by molar-refractivity contribution is 5.86. The lowest BCUT2D eigenvalue weighted by atomic mass is 10.1. The zero-order valence-electron chi connectivity index (χ0n) is 11.5. The van der Waals surface area contributed by atoms with Gasteiger partial charge in [0.25, 0.3) is 5.91 Å². The van der Waals surface area contributed by atoms with E-state index < -0.39 is 6.10 Å². The van der Waals surface area contributed by atoms with Crippen molar-refractivity contribution < 1.29 is 23.8 Å². The van der Waals surface area contributed by atoms with Gasteiger partial charge in [-0.15, -0.1) is 0 Å². The van der Waals surface area contributed by atoms with Crippen molar-refractivity contribution in [1.82, 2.24) is 5.32 Å². The van der Waals surface area contributed by atoms with Gasteiger partial charge in [0.2, 0.25) is 0 Å². The number of amides is 1. The molecule has 2 rings (SSSR count). The summed E-state index contributed by atoms with van der Waals surface area (Å²) in [5.74, 6) is 0.704. The van der Waals surface area contributed by atoms with E-state index in [1.807, 2.05) is 6.07 Å². The van der Waals surface area contributed by atoms with Crippen molar-refractivity contribution in [1.29, 1.82) is 0 Å². The van der Waals surface area contributed by atoms with Gasteiger partial charge in [0.05, 0.1) is 14.2 Å². The summed E-state index contributed by atoms with van der Waals surface area (Å²) < 4.78 is 15.3. The molecule has 0 aliphatic carbocycles. The van der Waals surface area contributed by atoms with Crippen molar-refractivity contribution in [3.8, 4) is 11.5 Å². The molecule has 1 aromatic rings. The van der Waals surface area contributed by atoms with Crippen molar-refractivity contribution in [2.45, 2.75) is 25.5 Å². The van der Waals surface area contributed by atoms with Crippen molar-refractivity contribution in [3.05, 3.63) is 23.8 Å². The van der Waals surface area contributed by atoms with Crippen LogP contribution in [0.4, 0.5) is 0 Å². The minimum atomic E-state index is -0.674. The van der Waals surface area contributed by atoms with Gasteiger partial charge in [-0.1, -0.05) is 0 Å². The molecule has 0 bridgehead atoms. The topological polar surface area (TPSA) is 73.9 Å². The van der Waals surface area contributed by atoms with Gasteiger partial charge in [0, 0.05) is 31.0 Å². The van der Waals surface area contributed by atoms with Crippen molar-refractivity contribution >= 4 is 11.9 Å². The van der Waals surface area contributed by atoms with Crippen LogP contribution in [0.2, 0.25) is 0 Å². The number of benzene rings is 1. The van der Waals surface area contributed by atoms with Gasteiger partial charge in [-0.3, -0.25) is 9.59 Å². The van der Waals surface area contributed by atoms with Crippen molar-refractivity contribution in [2.75, 3.05) is 14.2 Å². The summed E-state index contributed by atoms with van der Waals surface area (Å²) >= 11 is 0. The summed E-state index contributed by atoms with van der Waals surface area (Å²) in [5.41, 5.74) is 0.825. The third kappa shape index (κ3) is 3.20. The Morgan fingerprint density at radius 3 is 2.80 bits per heavy atom. The molecule has 20 heavy (non-hydrogen) atoms. The average Bonchev–Trinajstić information content (AvgIpc) is 2.91. The summed E-state index contributed by atoms with van der Waals surface area (Å²) in [5, 5.41) is 2.74. The van der Waals surface area contributed by atoms with Crippen LogP contribution < -0.4 is 14.8 Å². The smallest absolute Gasteiger partial charge is 0.306 e. The number of rotatable bonds is 5. The van der Waals surface area contributed by atoms with Crippen molar-refractivity contribution in [3.63, 3.8) is 0 Å². The zero-order chi connectivity index (χ0) is 14.5. The molecule has 0 aromatic heterocycles. The van der Waals surface area contributed by atoms with Crippen LogP contribution in [0, 0.1) is 0 Å². The Morgan fingerprint density at radius 1 is 1.40 bits per heavy atom. The number of hydrogen-bond donors (Lipinski definition) is 1. The van der Waals surface area contributed by atoms with Gasteiger partial charge in [0.15, 0.2) is 6.10 Å². The molecular formula is C14H17NO5. The fourth-order valence-corrected chi connectivity index (χ4v) is 2.00. The third-order valence-electron chi connectivity index (χ3n) is 3.12. The lowest BCUT2D eigenvalue weighted by Gasteiger charge is -2.13. The molecule has 0 saturated carbocycles. The van der Waals surface area contributed by atoms with Crippen LogP contribution in [0.5, 0.6) is 11.5 Å². The lowest BCUT2D eigenvalue weighted by Crippen LogP contribution is -2.34. The molecule has 6 heteroatoms. The van der Waals surface area contributed by atoms with Gasteiger partial charge < -0.3 is 19.5 Å². The summed E-state index contributed by atoms with van der Waals surface area (Å²) in [6.45, 7) is 0.306. The molecule has 1 amide bonds. The third-order valence-corrected chi connectivity index (χ3v) is 3.12. The number of carbonyl (C=O) groups is 2. The quantitative estimate of drug-likeness (QED) is 0.815. The van der Waals surface area contributed by atoms with Gasteiger partial charge in [-0.05, 0) is 12.1 Å². The second-order valence-corrected chi connectivity index (χ2v) is 4.41. The van der Waals surface area contributed by atoms with Crippen molar-refractivity contribution in [2.24, 2.45) is 0 Å². The molecule has 1 aliphatic rings. The number of ether oxygens (including phenoxy) is 3. The predicted octanol–water partition coefficient (Wildman–Crippen LogP) is 1.03. The molecule has 1 N–H and O–H groups in total. The normalized spacial score (nSPS) is 17.5. The van der Waals surface area contributed by atoms with Crippen LogP contribution in [0.25, 0.3) is 0 Å². The largest absolute Gasteiger partial charge is 0.497 e. The maximum absolute atomic E-state index is 11.8. The van der Waals surface area contributed by atoms with Gasteiger partial charge in [-0.25, -0.2) is 0 Å². The van der Waals surface area contributed by atoms with E-state index in [4.69, 9.17) is 14.2 Å². The summed E-state index contributed by atoms with van der Waals surface area (Å²) in [7, 11) is 3.13. The standard InChI is InChI=1S/C14H17NO5/c1-18-10-4-3-9(12(7-10)19-2)8-15-14(17)11-5-6-13(16)20-11/h3-4,7,11H,5-6,8H2,1-2H3,(H,15,17). The second kappa shape index (κ2) is 6.27. The molecule has 1 saturated heterocycles. The zero-order valence-corrected chi connectivity index (χ0v) is 11.5. The molecule has 108 valence electrons. The Balaban J connectivity index is 1.96. The molecule has 1 atom stereocenters. The molecule has 1 unspecified atom stereocenters. The average molecular weight is 279 g/mol. The van der Waals surface area contributed by atoms with E-state index in [0.29, 0.717) is 30.9 Å². The first-order chi connectivity index (χ1) is 9.63. The highest BCUT2D eigenvalue weighted by Gasteiger charge is 2.29. The summed E-state index contributed by atoms with van der Waals surface area (Å²) in [4.78, 5) is 22.8. The van der Waals surface area contributed by atoms with Gasteiger partial charge >= 0.3 is 5.97 Å². The SMILES string of the molecule is COc1ccc(CNC(=O)C2CCC(=O)O2)c(OC)c1. The second-order valence-electron chi connectivity index (χ2n) is 4.41.